The average molecular weight is 387 g/mol. The number of methoxy groups -OCH3 is 1. The summed E-state index contributed by atoms with van der Waals surface area (Å²) >= 11 is 0. The molecule has 7 nitrogen and oxygen atoms in total. The maximum Gasteiger partial charge on any atom is 0.229 e. The fourth-order valence-corrected chi connectivity index (χ4v) is 3.90. The van der Waals surface area contributed by atoms with Gasteiger partial charge in [0.25, 0.3) is 0 Å². The van der Waals surface area contributed by atoms with Gasteiger partial charge in [-0.2, -0.15) is 0 Å². The lowest BCUT2D eigenvalue weighted by Gasteiger charge is -2.35. The summed E-state index contributed by atoms with van der Waals surface area (Å²) in [6, 6.07) is 8.08. The van der Waals surface area contributed by atoms with Crippen LogP contribution in [0, 0.1) is 0 Å². The molecule has 2 aliphatic heterocycles. The molecule has 1 atom stereocenters. The van der Waals surface area contributed by atoms with Crippen LogP contribution in [-0.4, -0.2) is 60.8 Å². The number of hydrogen-bond acceptors (Lipinski definition) is 5. The van der Waals surface area contributed by atoms with Gasteiger partial charge in [-0.15, -0.1) is 0 Å². The number of benzene rings is 1. The van der Waals surface area contributed by atoms with Crippen molar-refractivity contribution >= 4 is 17.7 Å². The van der Waals surface area contributed by atoms with Gasteiger partial charge in [0, 0.05) is 32.4 Å². The molecule has 1 aromatic carbocycles. The zero-order valence-corrected chi connectivity index (χ0v) is 16.5. The molecule has 152 valence electrons. The van der Waals surface area contributed by atoms with E-state index in [1.807, 2.05) is 24.3 Å². The Morgan fingerprint density at radius 2 is 1.71 bits per heavy atom. The van der Waals surface area contributed by atoms with Gasteiger partial charge in [0.2, 0.25) is 17.7 Å². The molecule has 1 unspecified atom stereocenters. The molecule has 0 radical (unpaired) electrons. The fraction of sp³-hybridized carbons (Fsp3) is 0.571. The lowest BCUT2D eigenvalue weighted by Crippen LogP contribution is -2.41. The van der Waals surface area contributed by atoms with Crippen molar-refractivity contribution in [2.45, 2.75) is 44.6 Å². The minimum Gasteiger partial charge on any atom is -0.497 e. The monoisotopic (exact) mass is 387 g/mol. The zero-order valence-electron chi connectivity index (χ0n) is 16.5. The third-order valence-electron chi connectivity index (χ3n) is 5.54. The highest BCUT2D eigenvalue weighted by Gasteiger charge is 2.29. The minimum absolute atomic E-state index is 0.102. The first-order valence-corrected chi connectivity index (χ1v) is 10.1. The number of carbonyl (C=O) groups excluding carboxylic acids is 3. The number of likely N-dealkylation sites (tertiary alicyclic amines) is 2. The molecule has 0 aromatic heterocycles. The SMILES string of the molecule is COc1ccc(C(CNC(=O)CCN2C(=O)CCC2=O)N2CCCCC2)cc1. The van der Waals surface area contributed by atoms with Crippen LogP contribution >= 0.6 is 0 Å². The van der Waals surface area contributed by atoms with Crippen LogP contribution in [0.2, 0.25) is 0 Å². The summed E-state index contributed by atoms with van der Waals surface area (Å²) in [5.41, 5.74) is 1.15. The smallest absolute Gasteiger partial charge is 0.229 e. The van der Waals surface area contributed by atoms with E-state index in [0.717, 1.165) is 24.4 Å². The maximum atomic E-state index is 12.3. The molecule has 3 amide bonds. The molecule has 2 aliphatic rings. The minimum atomic E-state index is -0.178. The number of amides is 3. The van der Waals surface area contributed by atoms with Gasteiger partial charge in [0.05, 0.1) is 13.2 Å². The van der Waals surface area contributed by atoms with Gasteiger partial charge in [-0.25, -0.2) is 0 Å². The summed E-state index contributed by atoms with van der Waals surface area (Å²) in [7, 11) is 1.65. The standard InChI is InChI=1S/C21H29N3O4/c1-28-17-7-5-16(6-8-17)18(23-12-3-2-4-13-23)15-22-19(25)11-14-24-20(26)9-10-21(24)27/h5-8,18H,2-4,9-15H2,1H3,(H,22,25). The Balaban J connectivity index is 1.58. The summed E-state index contributed by atoms with van der Waals surface area (Å²) in [4.78, 5) is 39.3. The summed E-state index contributed by atoms with van der Waals surface area (Å²) in [5, 5.41) is 3.00. The predicted molar refractivity (Wildman–Crippen MR) is 105 cm³/mol. The van der Waals surface area contributed by atoms with Crippen molar-refractivity contribution in [1.82, 2.24) is 15.1 Å². The van der Waals surface area contributed by atoms with Crippen molar-refractivity contribution in [1.29, 1.82) is 0 Å². The Kier molecular flexibility index (Phi) is 7.03. The molecule has 2 heterocycles. The van der Waals surface area contributed by atoms with E-state index in [1.165, 1.54) is 24.2 Å². The van der Waals surface area contributed by atoms with Crippen LogP contribution in [0.5, 0.6) is 5.75 Å². The van der Waals surface area contributed by atoms with Crippen LogP contribution in [0.1, 0.15) is 50.1 Å². The molecule has 2 fully saturated rings. The van der Waals surface area contributed by atoms with Crippen LogP contribution in [0.25, 0.3) is 0 Å². The van der Waals surface area contributed by atoms with Crippen LogP contribution < -0.4 is 10.1 Å². The Bertz CT molecular complexity index is 682. The number of nitrogens with one attached hydrogen (secondary N) is 1. The van der Waals surface area contributed by atoms with Crippen LogP contribution in [0.3, 0.4) is 0 Å². The predicted octanol–water partition coefficient (Wildman–Crippen LogP) is 1.88. The average Bonchev–Trinajstić information content (AvgIpc) is 3.05. The largest absolute Gasteiger partial charge is 0.497 e. The lowest BCUT2D eigenvalue weighted by atomic mass is 10.0. The summed E-state index contributed by atoms with van der Waals surface area (Å²) in [6.45, 7) is 2.71. The molecule has 1 N–H and O–H groups in total. The van der Waals surface area contributed by atoms with Crippen molar-refractivity contribution in [3.05, 3.63) is 29.8 Å². The molecule has 0 bridgehead atoms. The maximum absolute atomic E-state index is 12.3. The van der Waals surface area contributed by atoms with Crippen molar-refractivity contribution in [3.63, 3.8) is 0 Å². The Morgan fingerprint density at radius 3 is 2.32 bits per heavy atom. The second-order valence-corrected chi connectivity index (χ2v) is 7.38. The van der Waals surface area contributed by atoms with E-state index in [1.54, 1.807) is 7.11 Å². The van der Waals surface area contributed by atoms with E-state index < -0.39 is 0 Å². The molecule has 0 saturated carbocycles. The number of piperidine rings is 1. The van der Waals surface area contributed by atoms with Gasteiger partial charge in [0.15, 0.2) is 0 Å². The quantitative estimate of drug-likeness (QED) is 0.689. The Hall–Kier alpha value is -2.41. The first-order chi connectivity index (χ1) is 13.6. The van der Waals surface area contributed by atoms with E-state index in [9.17, 15) is 14.4 Å². The van der Waals surface area contributed by atoms with Gasteiger partial charge in [-0.3, -0.25) is 24.2 Å². The fourth-order valence-electron chi connectivity index (χ4n) is 3.90. The van der Waals surface area contributed by atoms with E-state index >= 15 is 0 Å². The van der Waals surface area contributed by atoms with Crippen LogP contribution in [0.15, 0.2) is 24.3 Å². The van der Waals surface area contributed by atoms with E-state index in [2.05, 4.69) is 10.2 Å². The van der Waals surface area contributed by atoms with E-state index in [-0.39, 0.29) is 49.6 Å². The summed E-state index contributed by atoms with van der Waals surface area (Å²) in [6.07, 6.45) is 4.24. The first kappa shape index (κ1) is 20.3. The molecule has 2 saturated heterocycles. The second-order valence-electron chi connectivity index (χ2n) is 7.38. The van der Waals surface area contributed by atoms with E-state index in [0.29, 0.717) is 6.54 Å². The van der Waals surface area contributed by atoms with Gasteiger partial charge < -0.3 is 10.1 Å². The second kappa shape index (κ2) is 9.68. The number of rotatable bonds is 8. The van der Waals surface area contributed by atoms with Crippen molar-refractivity contribution < 1.29 is 19.1 Å². The molecule has 7 heteroatoms. The number of carbonyl (C=O) groups is 3. The topological polar surface area (TPSA) is 79.0 Å². The van der Waals surface area contributed by atoms with Crippen molar-refractivity contribution in [2.24, 2.45) is 0 Å². The van der Waals surface area contributed by atoms with Gasteiger partial charge >= 0.3 is 0 Å². The lowest BCUT2D eigenvalue weighted by molar-refractivity contribution is -0.138. The molecule has 3 rings (SSSR count). The highest BCUT2D eigenvalue weighted by atomic mass is 16.5. The first-order valence-electron chi connectivity index (χ1n) is 10.1. The number of ether oxygens (including phenoxy) is 1. The number of hydrogen-bond donors (Lipinski definition) is 1. The third-order valence-corrected chi connectivity index (χ3v) is 5.54. The Labute approximate surface area is 166 Å². The zero-order chi connectivity index (χ0) is 19.9. The van der Waals surface area contributed by atoms with Crippen molar-refractivity contribution in [3.8, 4) is 5.75 Å². The van der Waals surface area contributed by atoms with Gasteiger partial charge in [-0.05, 0) is 43.6 Å². The highest BCUT2D eigenvalue weighted by Crippen LogP contribution is 2.26. The van der Waals surface area contributed by atoms with Gasteiger partial charge in [0.1, 0.15) is 5.75 Å². The molecular weight excluding hydrogens is 358 g/mol. The normalized spacial score (nSPS) is 19.0. The molecule has 28 heavy (non-hydrogen) atoms. The number of imide groups is 1. The summed E-state index contributed by atoms with van der Waals surface area (Å²) < 4.78 is 5.25. The molecule has 1 aromatic rings. The van der Waals surface area contributed by atoms with Crippen LogP contribution in [-0.2, 0) is 14.4 Å². The van der Waals surface area contributed by atoms with Gasteiger partial charge in [-0.1, -0.05) is 18.6 Å². The van der Waals surface area contributed by atoms with Crippen LogP contribution in [0.4, 0.5) is 0 Å². The summed E-state index contributed by atoms with van der Waals surface area (Å²) in [5.74, 6) is 0.317. The molecule has 0 spiro atoms. The number of nitrogens with zero attached hydrogens (tertiary/aromatic N) is 2. The Morgan fingerprint density at radius 1 is 1.07 bits per heavy atom. The molecular formula is C21H29N3O4. The van der Waals surface area contributed by atoms with E-state index in [4.69, 9.17) is 4.74 Å². The molecule has 0 aliphatic carbocycles. The van der Waals surface area contributed by atoms with Crippen molar-refractivity contribution in [2.75, 3.05) is 33.3 Å². The highest BCUT2D eigenvalue weighted by molar-refractivity contribution is 6.02. The third kappa shape index (κ3) is 5.10.